The first-order valence-electron chi connectivity index (χ1n) is 8.60. The Morgan fingerprint density at radius 1 is 1.37 bits per heavy atom. The molecule has 1 N–H and O–H groups in total. The van der Waals surface area contributed by atoms with Crippen molar-refractivity contribution >= 4 is 43.4 Å². The topological polar surface area (TPSA) is 92.5 Å². The Morgan fingerprint density at radius 3 is 2.96 bits per heavy atom. The second-order valence-electron chi connectivity index (χ2n) is 6.64. The highest BCUT2D eigenvalue weighted by atomic mass is 32.2. The van der Waals surface area contributed by atoms with Crippen LogP contribution in [0.2, 0.25) is 0 Å². The summed E-state index contributed by atoms with van der Waals surface area (Å²) in [5.74, 6) is 0.0785. The Kier molecular flexibility index (Phi) is 4.75. The maximum absolute atomic E-state index is 12.5. The van der Waals surface area contributed by atoms with Gasteiger partial charge in [-0.25, -0.2) is 17.7 Å². The maximum Gasteiger partial charge on any atom is 0.230 e. The van der Waals surface area contributed by atoms with Gasteiger partial charge in [-0.1, -0.05) is 18.2 Å². The molecule has 2 aromatic heterocycles. The van der Waals surface area contributed by atoms with Crippen molar-refractivity contribution in [1.29, 1.82) is 0 Å². The van der Waals surface area contributed by atoms with Crippen molar-refractivity contribution in [3.63, 3.8) is 0 Å². The number of carbonyl (C=O) groups excluding carboxylic acids is 1. The first-order chi connectivity index (χ1) is 12.9. The van der Waals surface area contributed by atoms with E-state index in [1.807, 2.05) is 35.7 Å². The van der Waals surface area contributed by atoms with Gasteiger partial charge >= 0.3 is 0 Å². The van der Waals surface area contributed by atoms with Crippen LogP contribution in [-0.2, 0) is 14.8 Å². The molecule has 4 rings (SSSR count). The fourth-order valence-corrected chi connectivity index (χ4v) is 4.83. The minimum Gasteiger partial charge on any atom is -0.454 e. The lowest BCUT2D eigenvalue weighted by atomic mass is 9.99. The molecule has 1 aliphatic rings. The van der Waals surface area contributed by atoms with Gasteiger partial charge < -0.3 is 9.73 Å². The van der Waals surface area contributed by atoms with Crippen LogP contribution in [-0.4, -0.2) is 43.0 Å². The first kappa shape index (κ1) is 18.1. The van der Waals surface area contributed by atoms with E-state index in [0.29, 0.717) is 36.0 Å². The van der Waals surface area contributed by atoms with Crippen LogP contribution in [0.1, 0.15) is 12.8 Å². The Hall–Kier alpha value is -2.23. The van der Waals surface area contributed by atoms with Crippen LogP contribution in [0.25, 0.3) is 22.4 Å². The Labute approximate surface area is 161 Å². The van der Waals surface area contributed by atoms with Gasteiger partial charge in [-0.3, -0.25) is 4.79 Å². The summed E-state index contributed by atoms with van der Waals surface area (Å²) in [5.41, 5.74) is 1.45. The largest absolute Gasteiger partial charge is 0.454 e. The van der Waals surface area contributed by atoms with Gasteiger partial charge in [0.05, 0.1) is 12.2 Å². The third-order valence-electron chi connectivity index (χ3n) is 4.64. The van der Waals surface area contributed by atoms with Crippen LogP contribution >= 0.6 is 11.3 Å². The Balaban J connectivity index is 1.46. The normalized spacial score (nSPS) is 18.6. The summed E-state index contributed by atoms with van der Waals surface area (Å²) in [4.78, 5) is 17.0. The summed E-state index contributed by atoms with van der Waals surface area (Å²) < 4.78 is 30.6. The fourth-order valence-electron chi connectivity index (χ4n) is 3.22. The molecule has 0 radical (unpaired) electrons. The molecule has 0 aliphatic carbocycles. The van der Waals surface area contributed by atoms with Crippen LogP contribution in [0.15, 0.2) is 40.1 Å². The van der Waals surface area contributed by atoms with Crippen molar-refractivity contribution in [2.45, 2.75) is 12.8 Å². The number of fused-ring (bicyclic) bond motifs is 1. The minimum atomic E-state index is -3.28. The molecule has 1 amide bonds. The summed E-state index contributed by atoms with van der Waals surface area (Å²) >= 11 is 1.32. The highest BCUT2D eigenvalue weighted by Crippen LogP contribution is 2.30. The van der Waals surface area contributed by atoms with E-state index in [1.165, 1.54) is 21.9 Å². The molecule has 1 fully saturated rings. The first-order valence-corrected chi connectivity index (χ1v) is 11.3. The number of anilines is 1. The molecule has 1 atom stereocenters. The second kappa shape index (κ2) is 7.06. The highest BCUT2D eigenvalue weighted by Gasteiger charge is 2.30. The van der Waals surface area contributed by atoms with E-state index in [1.54, 1.807) is 0 Å². The van der Waals surface area contributed by atoms with Gasteiger partial charge in [0.25, 0.3) is 0 Å². The standard InChI is InChI=1S/C18H19N3O4S2/c1-27(23,24)21-8-4-6-13(10-21)17(22)20-18-19-14(11-26-18)16-9-12-5-2-3-7-15(12)25-16/h2-3,5,7,9,11,13H,4,6,8,10H2,1H3,(H,19,20,22)/t13-/m1/s1. The molecule has 3 aromatic rings. The SMILES string of the molecule is CS(=O)(=O)N1CCC[C@@H](C(=O)Nc2nc(-c3cc4ccccc4o3)cs2)C1. The smallest absolute Gasteiger partial charge is 0.230 e. The fraction of sp³-hybridized carbons (Fsp3) is 0.333. The van der Waals surface area contributed by atoms with Gasteiger partial charge in [0, 0.05) is 23.9 Å². The van der Waals surface area contributed by atoms with Crippen LogP contribution < -0.4 is 5.32 Å². The van der Waals surface area contributed by atoms with E-state index < -0.39 is 10.0 Å². The lowest BCUT2D eigenvalue weighted by Gasteiger charge is -2.29. The second-order valence-corrected chi connectivity index (χ2v) is 9.48. The lowest BCUT2D eigenvalue weighted by molar-refractivity contribution is -0.120. The summed E-state index contributed by atoms with van der Waals surface area (Å²) in [6.07, 6.45) is 2.51. The maximum atomic E-state index is 12.5. The van der Waals surface area contributed by atoms with Crippen LogP contribution in [0.3, 0.4) is 0 Å². The summed E-state index contributed by atoms with van der Waals surface area (Å²) in [6, 6.07) is 9.63. The third-order valence-corrected chi connectivity index (χ3v) is 6.66. The van der Waals surface area contributed by atoms with E-state index in [0.717, 1.165) is 11.0 Å². The molecule has 0 bridgehead atoms. The molecule has 1 aliphatic heterocycles. The number of hydrogen-bond acceptors (Lipinski definition) is 6. The molecule has 3 heterocycles. The summed E-state index contributed by atoms with van der Waals surface area (Å²) in [5, 5.41) is 6.12. The zero-order chi connectivity index (χ0) is 19.0. The molecular formula is C18H19N3O4S2. The number of furan rings is 1. The van der Waals surface area contributed by atoms with Crippen LogP contribution in [0, 0.1) is 5.92 Å². The van der Waals surface area contributed by atoms with E-state index in [2.05, 4.69) is 10.3 Å². The van der Waals surface area contributed by atoms with Crippen molar-refractivity contribution in [2.75, 3.05) is 24.7 Å². The predicted molar refractivity (Wildman–Crippen MR) is 105 cm³/mol. The van der Waals surface area contributed by atoms with E-state index in [4.69, 9.17) is 4.42 Å². The number of sulfonamides is 1. The number of rotatable bonds is 4. The molecular weight excluding hydrogens is 386 g/mol. The van der Waals surface area contributed by atoms with E-state index in [-0.39, 0.29) is 18.4 Å². The van der Waals surface area contributed by atoms with Gasteiger partial charge in [0.1, 0.15) is 11.3 Å². The lowest BCUT2D eigenvalue weighted by Crippen LogP contribution is -2.43. The molecule has 142 valence electrons. The predicted octanol–water partition coefficient (Wildman–Crippen LogP) is 3.17. The zero-order valence-electron chi connectivity index (χ0n) is 14.7. The third kappa shape index (κ3) is 3.90. The van der Waals surface area contributed by atoms with Crippen molar-refractivity contribution in [3.05, 3.63) is 35.7 Å². The van der Waals surface area contributed by atoms with Gasteiger partial charge in [-0.2, -0.15) is 0 Å². The van der Waals surface area contributed by atoms with Gasteiger partial charge in [-0.15, -0.1) is 11.3 Å². The zero-order valence-corrected chi connectivity index (χ0v) is 16.3. The number of thiazole rings is 1. The average molecular weight is 406 g/mol. The monoisotopic (exact) mass is 405 g/mol. The number of aromatic nitrogens is 1. The highest BCUT2D eigenvalue weighted by molar-refractivity contribution is 7.88. The van der Waals surface area contributed by atoms with Crippen LogP contribution in [0.5, 0.6) is 0 Å². The quantitative estimate of drug-likeness (QED) is 0.720. The van der Waals surface area contributed by atoms with E-state index in [9.17, 15) is 13.2 Å². The van der Waals surface area contributed by atoms with Crippen molar-refractivity contribution in [2.24, 2.45) is 5.92 Å². The molecule has 7 nitrogen and oxygen atoms in total. The molecule has 9 heteroatoms. The number of nitrogens with one attached hydrogen (secondary N) is 1. The molecule has 0 spiro atoms. The number of benzene rings is 1. The number of amides is 1. The number of hydrogen-bond donors (Lipinski definition) is 1. The Bertz CT molecular complexity index is 1050. The number of piperidine rings is 1. The van der Waals surface area contributed by atoms with Gasteiger partial charge in [-0.05, 0) is 25.0 Å². The Morgan fingerprint density at radius 2 is 2.19 bits per heavy atom. The van der Waals surface area contributed by atoms with Gasteiger partial charge in [0.2, 0.25) is 15.9 Å². The molecule has 1 saturated heterocycles. The number of carbonyl (C=O) groups is 1. The van der Waals surface area contributed by atoms with Crippen molar-refractivity contribution in [3.8, 4) is 11.5 Å². The van der Waals surface area contributed by atoms with Crippen LogP contribution in [0.4, 0.5) is 5.13 Å². The summed E-state index contributed by atoms with van der Waals surface area (Å²) in [6.45, 7) is 0.683. The van der Waals surface area contributed by atoms with Crippen molar-refractivity contribution in [1.82, 2.24) is 9.29 Å². The molecule has 0 saturated carbocycles. The van der Waals surface area contributed by atoms with Gasteiger partial charge in [0.15, 0.2) is 10.9 Å². The molecule has 0 unspecified atom stereocenters. The molecule has 1 aromatic carbocycles. The van der Waals surface area contributed by atoms with Crippen molar-refractivity contribution < 1.29 is 17.6 Å². The average Bonchev–Trinajstić information content (AvgIpc) is 3.27. The van der Waals surface area contributed by atoms with E-state index >= 15 is 0 Å². The summed E-state index contributed by atoms with van der Waals surface area (Å²) in [7, 11) is -3.28. The number of nitrogens with zero attached hydrogens (tertiary/aromatic N) is 2. The molecule has 27 heavy (non-hydrogen) atoms. The minimum absolute atomic E-state index is 0.200. The number of para-hydroxylation sites is 1.